The average Bonchev–Trinajstić information content (AvgIpc) is 2.70. The van der Waals surface area contributed by atoms with Crippen molar-refractivity contribution >= 4 is 57.2 Å². The molecule has 0 bridgehead atoms. The van der Waals surface area contributed by atoms with Gasteiger partial charge < -0.3 is 4.74 Å². The van der Waals surface area contributed by atoms with E-state index in [1.807, 2.05) is 0 Å². The summed E-state index contributed by atoms with van der Waals surface area (Å²) in [7, 11) is 0. The van der Waals surface area contributed by atoms with Crippen molar-refractivity contribution in [1.82, 2.24) is 5.43 Å². The van der Waals surface area contributed by atoms with Crippen molar-refractivity contribution in [2.45, 2.75) is 0 Å². The first kappa shape index (κ1) is 21.0. The highest BCUT2D eigenvalue weighted by Crippen LogP contribution is 2.23. The van der Waals surface area contributed by atoms with E-state index in [2.05, 4.69) is 26.5 Å². The number of amides is 1. The van der Waals surface area contributed by atoms with Gasteiger partial charge in [0, 0.05) is 15.1 Å². The number of rotatable bonds is 5. The van der Waals surface area contributed by atoms with Gasteiger partial charge in [0.25, 0.3) is 5.91 Å². The van der Waals surface area contributed by atoms with Gasteiger partial charge in [-0.3, -0.25) is 4.79 Å². The summed E-state index contributed by atoms with van der Waals surface area (Å²) >= 11 is 15.2. The van der Waals surface area contributed by atoms with E-state index in [0.717, 1.165) is 4.47 Å². The van der Waals surface area contributed by atoms with Crippen molar-refractivity contribution in [3.8, 4) is 5.75 Å². The van der Waals surface area contributed by atoms with Crippen LogP contribution in [0.5, 0.6) is 5.75 Å². The topological polar surface area (TPSA) is 67.8 Å². The van der Waals surface area contributed by atoms with Crippen molar-refractivity contribution in [2.24, 2.45) is 5.10 Å². The Hall–Kier alpha value is -2.67. The molecule has 0 aliphatic rings. The summed E-state index contributed by atoms with van der Waals surface area (Å²) in [5.74, 6) is -0.718. The van der Waals surface area contributed by atoms with Gasteiger partial charge in [0.15, 0.2) is 0 Å². The van der Waals surface area contributed by atoms with Crippen LogP contribution in [0.1, 0.15) is 26.3 Å². The monoisotopic (exact) mass is 490 g/mol. The van der Waals surface area contributed by atoms with Crippen molar-refractivity contribution in [3.05, 3.63) is 97.9 Å². The second-order valence-corrected chi connectivity index (χ2v) is 7.52. The molecule has 0 unspecified atom stereocenters. The molecule has 3 rings (SSSR count). The number of hydrogen-bond donors (Lipinski definition) is 1. The Kier molecular flexibility index (Phi) is 7.04. The van der Waals surface area contributed by atoms with E-state index in [1.54, 1.807) is 66.7 Å². The van der Waals surface area contributed by atoms with Gasteiger partial charge in [0.2, 0.25) is 0 Å². The molecule has 0 radical (unpaired) electrons. The number of halogens is 3. The highest BCUT2D eigenvalue weighted by atomic mass is 79.9. The maximum absolute atomic E-state index is 12.4. The van der Waals surface area contributed by atoms with E-state index < -0.39 is 11.9 Å². The number of ether oxygens (including phenoxy) is 1. The molecule has 1 amide bonds. The lowest BCUT2D eigenvalue weighted by Gasteiger charge is -2.08. The predicted molar refractivity (Wildman–Crippen MR) is 117 cm³/mol. The maximum atomic E-state index is 12.4. The summed E-state index contributed by atoms with van der Waals surface area (Å²) in [6.45, 7) is 0. The molecular weight excluding hydrogens is 479 g/mol. The Bertz CT molecular complexity index is 1090. The van der Waals surface area contributed by atoms with E-state index in [-0.39, 0.29) is 5.75 Å². The Morgan fingerprint density at radius 3 is 2.45 bits per heavy atom. The molecule has 0 spiro atoms. The molecule has 0 atom stereocenters. The number of nitrogens with zero attached hydrogens (tertiary/aromatic N) is 1. The van der Waals surface area contributed by atoms with Gasteiger partial charge in [0.1, 0.15) is 5.75 Å². The molecule has 146 valence electrons. The molecule has 5 nitrogen and oxygen atoms in total. The van der Waals surface area contributed by atoms with Crippen LogP contribution < -0.4 is 10.2 Å². The molecule has 3 aromatic carbocycles. The Balaban J connectivity index is 1.75. The zero-order chi connectivity index (χ0) is 20.8. The van der Waals surface area contributed by atoms with Crippen molar-refractivity contribution < 1.29 is 14.3 Å². The Morgan fingerprint density at radius 2 is 1.72 bits per heavy atom. The smallest absolute Gasteiger partial charge is 0.343 e. The molecule has 0 saturated heterocycles. The summed E-state index contributed by atoms with van der Waals surface area (Å²) in [6.07, 6.45) is 1.38. The van der Waals surface area contributed by atoms with E-state index in [9.17, 15) is 9.59 Å². The normalized spacial score (nSPS) is 10.7. The molecule has 8 heteroatoms. The van der Waals surface area contributed by atoms with E-state index >= 15 is 0 Å². The van der Waals surface area contributed by atoms with Crippen LogP contribution >= 0.6 is 39.1 Å². The highest BCUT2D eigenvalue weighted by molar-refractivity contribution is 9.10. The summed E-state index contributed by atoms with van der Waals surface area (Å²) in [4.78, 5) is 24.5. The third kappa shape index (κ3) is 5.67. The summed E-state index contributed by atoms with van der Waals surface area (Å²) in [5, 5.41) is 4.78. The minimum atomic E-state index is -0.543. The van der Waals surface area contributed by atoms with Gasteiger partial charge in [-0.25, -0.2) is 10.2 Å². The van der Waals surface area contributed by atoms with Crippen molar-refractivity contribution in [1.29, 1.82) is 0 Å². The van der Waals surface area contributed by atoms with Gasteiger partial charge in [0.05, 0.1) is 22.4 Å². The number of carbonyl (C=O) groups excluding carboxylic acids is 2. The van der Waals surface area contributed by atoms with Gasteiger partial charge in [-0.1, -0.05) is 51.3 Å². The maximum Gasteiger partial charge on any atom is 0.343 e. The van der Waals surface area contributed by atoms with Gasteiger partial charge in [-0.05, 0) is 54.6 Å². The third-order valence-corrected chi connectivity index (χ3v) is 4.82. The largest absolute Gasteiger partial charge is 0.422 e. The zero-order valence-electron chi connectivity index (χ0n) is 14.7. The number of benzene rings is 3. The molecule has 29 heavy (non-hydrogen) atoms. The molecule has 3 aromatic rings. The first-order chi connectivity index (χ1) is 13.9. The Labute approximate surface area is 185 Å². The molecule has 0 aromatic heterocycles. The average molecular weight is 492 g/mol. The van der Waals surface area contributed by atoms with Crippen LogP contribution in [0.3, 0.4) is 0 Å². The SMILES string of the molecule is O=C(Oc1ccc(Br)cc1/C=N/NC(=O)c1ccccc1Cl)c1ccc(Cl)cc1. The molecule has 0 heterocycles. The fourth-order valence-corrected chi connectivity index (χ4v) is 3.05. The number of esters is 1. The molecule has 0 fully saturated rings. The van der Waals surface area contributed by atoms with Crippen LogP contribution in [-0.2, 0) is 0 Å². The molecular formula is C21H13BrCl2N2O3. The van der Waals surface area contributed by atoms with Gasteiger partial charge in [-0.2, -0.15) is 5.10 Å². The minimum Gasteiger partial charge on any atom is -0.422 e. The van der Waals surface area contributed by atoms with Gasteiger partial charge in [-0.15, -0.1) is 0 Å². The fraction of sp³-hybridized carbons (Fsp3) is 0. The van der Waals surface area contributed by atoms with Crippen molar-refractivity contribution in [3.63, 3.8) is 0 Å². The summed E-state index contributed by atoms with van der Waals surface area (Å²) in [6, 6.07) is 18.0. The standard InChI is InChI=1S/C21H13BrCl2N2O3/c22-15-7-10-19(29-21(28)13-5-8-16(23)9-6-13)14(11-15)12-25-26-20(27)17-3-1-2-4-18(17)24/h1-12H,(H,26,27)/b25-12+. The van der Waals surface area contributed by atoms with Crippen LogP contribution in [0, 0.1) is 0 Å². The second kappa shape index (κ2) is 9.69. The number of carbonyl (C=O) groups is 2. The van der Waals surface area contributed by atoms with Crippen LogP contribution in [0.2, 0.25) is 10.0 Å². The lowest BCUT2D eigenvalue weighted by Crippen LogP contribution is -2.18. The minimum absolute atomic E-state index is 0.281. The molecule has 0 saturated carbocycles. The first-order valence-electron chi connectivity index (χ1n) is 8.29. The van der Waals surface area contributed by atoms with E-state index in [4.69, 9.17) is 27.9 Å². The lowest BCUT2D eigenvalue weighted by molar-refractivity contribution is 0.0734. The third-order valence-electron chi connectivity index (χ3n) is 3.74. The van der Waals surface area contributed by atoms with Crippen LogP contribution in [0.4, 0.5) is 0 Å². The summed E-state index contributed by atoms with van der Waals surface area (Å²) < 4.78 is 6.21. The van der Waals surface area contributed by atoms with E-state index in [1.165, 1.54) is 6.21 Å². The fourth-order valence-electron chi connectivity index (χ4n) is 2.32. The molecule has 1 N–H and O–H groups in total. The van der Waals surface area contributed by atoms with Crippen LogP contribution in [0.25, 0.3) is 0 Å². The highest BCUT2D eigenvalue weighted by Gasteiger charge is 2.12. The molecule has 0 aliphatic heterocycles. The summed E-state index contributed by atoms with van der Waals surface area (Å²) in [5.41, 5.74) is 3.54. The zero-order valence-corrected chi connectivity index (χ0v) is 17.8. The Morgan fingerprint density at radius 1 is 1.00 bits per heavy atom. The first-order valence-corrected chi connectivity index (χ1v) is 9.84. The number of nitrogens with one attached hydrogen (secondary N) is 1. The number of hydrogen-bond acceptors (Lipinski definition) is 4. The lowest BCUT2D eigenvalue weighted by atomic mass is 10.2. The predicted octanol–water partition coefficient (Wildman–Crippen LogP) is 5.74. The van der Waals surface area contributed by atoms with Crippen molar-refractivity contribution in [2.75, 3.05) is 0 Å². The number of hydrazone groups is 1. The molecule has 0 aliphatic carbocycles. The van der Waals surface area contributed by atoms with Gasteiger partial charge >= 0.3 is 5.97 Å². The second-order valence-electron chi connectivity index (χ2n) is 5.76. The quantitative estimate of drug-likeness (QED) is 0.214. The van der Waals surface area contributed by atoms with Crippen LogP contribution in [-0.4, -0.2) is 18.1 Å². The van der Waals surface area contributed by atoms with Crippen LogP contribution in [0.15, 0.2) is 76.3 Å². The van der Waals surface area contributed by atoms with E-state index in [0.29, 0.717) is 26.7 Å².